The van der Waals surface area contributed by atoms with Crippen LogP contribution in [0.25, 0.3) is 5.69 Å². The highest BCUT2D eigenvalue weighted by atomic mass is 32.2. The lowest BCUT2D eigenvalue weighted by molar-refractivity contribution is -0.118. The number of benzene rings is 2. The molecular weight excluding hydrogens is 480 g/mol. The Balaban J connectivity index is 1.50. The lowest BCUT2D eigenvalue weighted by atomic mass is 10.1. The fraction of sp³-hybridized carbons (Fsp3) is 0.240. The Bertz CT molecular complexity index is 1380. The average molecular weight is 507 g/mol. The summed E-state index contributed by atoms with van der Waals surface area (Å²) in [5, 5.41) is 12.0. The number of carbonyl (C=O) groups excluding carboxylic acids is 1. The Morgan fingerprint density at radius 1 is 1.06 bits per heavy atom. The standard InChI is InChI=1S/C25H26N6O4S/c1-2-35-20-10-8-19(9-11-20)31-21(14-18-15-22(32)28-24(34)27-18)29-30-25(31)36-16-23(33)26-13-12-17-6-4-3-5-7-17/h3-11,15H,2,12-14,16H2,1H3,(H,26,33)(H2,27,28,32,34). The predicted molar refractivity (Wildman–Crippen MR) is 137 cm³/mol. The van der Waals surface area contributed by atoms with Crippen LogP contribution in [0.15, 0.2) is 75.4 Å². The van der Waals surface area contributed by atoms with Gasteiger partial charge in [0, 0.05) is 30.4 Å². The SMILES string of the molecule is CCOc1ccc(-n2c(Cc3cc(=O)[nH]c(=O)[nH]3)nnc2SCC(=O)NCCc2ccccc2)cc1. The van der Waals surface area contributed by atoms with Crippen molar-refractivity contribution in [3.63, 3.8) is 0 Å². The van der Waals surface area contributed by atoms with E-state index in [4.69, 9.17) is 4.74 Å². The molecule has 2 heterocycles. The van der Waals surface area contributed by atoms with E-state index in [2.05, 4.69) is 25.5 Å². The van der Waals surface area contributed by atoms with Gasteiger partial charge in [0.1, 0.15) is 11.6 Å². The predicted octanol–water partition coefficient (Wildman–Crippen LogP) is 2.08. The van der Waals surface area contributed by atoms with Crippen LogP contribution in [0.1, 0.15) is 24.0 Å². The third kappa shape index (κ3) is 6.72. The van der Waals surface area contributed by atoms with Gasteiger partial charge in [-0.25, -0.2) is 4.79 Å². The van der Waals surface area contributed by atoms with Crippen LogP contribution < -0.4 is 21.3 Å². The van der Waals surface area contributed by atoms with Crippen molar-refractivity contribution in [3.8, 4) is 11.4 Å². The molecule has 11 heteroatoms. The molecule has 0 atom stereocenters. The minimum atomic E-state index is -0.591. The van der Waals surface area contributed by atoms with E-state index in [1.807, 2.05) is 61.5 Å². The molecule has 0 fully saturated rings. The number of carbonyl (C=O) groups is 1. The van der Waals surface area contributed by atoms with Crippen LogP contribution in [0.3, 0.4) is 0 Å². The van der Waals surface area contributed by atoms with Crippen molar-refractivity contribution in [1.82, 2.24) is 30.0 Å². The highest BCUT2D eigenvalue weighted by molar-refractivity contribution is 7.99. The molecule has 4 rings (SSSR count). The molecule has 0 saturated carbocycles. The summed E-state index contributed by atoms with van der Waals surface area (Å²) in [4.78, 5) is 40.7. The summed E-state index contributed by atoms with van der Waals surface area (Å²) in [5.41, 5.74) is 1.23. The maximum absolute atomic E-state index is 12.5. The number of aromatic nitrogens is 5. The maximum atomic E-state index is 12.5. The fourth-order valence-electron chi connectivity index (χ4n) is 3.58. The van der Waals surface area contributed by atoms with Crippen LogP contribution in [0.2, 0.25) is 0 Å². The first kappa shape index (κ1) is 25.0. The van der Waals surface area contributed by atoms with Crippen LogP contribution in [0.5, 0.6) is 5.75 Å². The number of H-pyrrole nitrogens is 2. The molecular formula is C25H26N6O4S. The topological polar surface area (TPSA) is 135 Å². The van der Waals surface area contributed by atoms with Crippen molar-refractivity contribution in [2.24, 2.45) is 0 Å². The normalized spacial score (nSPS) is 10.8. The summed E-state index contributed by atoms with van der Waals surface area (Å²) in [6, 6.07) is 18.7. The van der Waals surface area contributed by atoms with Crippen molar-refractivity contribution < 1.29 is 9.53 Å². The molecule has 2 aromatic carbocycles. The summed E-state index contributed by atoms with van der Waals surface area (Å²) in [6.07, 6.45) is 0.918. The smallest absolute Gasteiger partial charge is 0.325 e. The molecule has 0 aliphatic heterocycles. The number of rotatable bonds is 11. The van der Waals surface area contributed by atoms with Crippen molar-refractivity contribution in [3.05, 3.63) is 98.6 Å². The Labute approximate surface area is 211 Å². The number of aromatic amines is 2. The van der Waals surface area contributed by atoms with Gasteiger partial charge < -0.3 is 15.0 Å². The number of ether oxygens (including phenoxy) is 1. The molecule has 0 aliphatic carbocycles. The number of nitrogens with one attached hydrogen (secondary N) is 3. The second-order valence-corrected chi connectivity index (χ2v) is 8.77. The van der Waals surface area contributed by atoms with E-state index in [0.717, 1.165) is 23.4 Å². The summed E-state index contributed by atoms with van der Waals surface area (Å²) in [5.74, 6) is 1.28. The Kier molecular flexibility index (Phi) is 8.35. The molecule has 0 unspecified atom stereocenters. The van der Waals surface area contributed by atoms with Crippen LogP contribution in [0, 0.1) is 0 Å². The molecule has 36 heavy (non-hydrogen) atoms. The van der Waals surface area contributed by atoms with Gasteiger partial charge in [-0.05, 0) is 43.2 Å². The third-order valence-electron chi connectivity index (χ3n) is 5.18. The number of nitrogens with zero attached hydrogens (tertiary/aromatic N) is 3. The zero-order chi connectivity index (χ0) is 25.3. The Morgan fingerprint density at radius 3 is 2.56 bits per heavy atom. The van der Waals surface area contributed by atoms with Crippen LogP contribution >= 0.6 is 11.8 Å². The molecule has 3 N–H and O–H groups in total. The van der Waals surface area contributed by atoms with Crippen molar-refractivity contribution >= 4 is 17.7 Å². The third-order valence-corrected chi connectivity index (χ3v) is 6.11. The van der Waals surface area contributed by atoms with Gasteiger partial charge in [0.15, 0.2) is 5.16 Å². The second kappa shape index (κ2) is 12.0. The van der Waals surface area contributed by atoms with Gasteiger partial charge in [0.05, 0.1) is 12.4 Å². The van der Waals surface area contributed by atoms with Crippen molar-refractivity contribution in [1.29, 1.82) is 0 Å². The van der Waals surface area contributed by atoms with E-state index < -0.39 is 11.2 Å². The quantitative estimate of drug-likeness (QED) is 0.265. The zero-order valence-corrected chi connectivity index (χ0v) is 20.5. The summed E-state index contributed by atoms with van der Waals surface area (Å²) in [7, 11) is 0. The van der Waals surface area contributed by atoms with E-state index in [1.54, 1.807) is 4.57 Å². The molecule has 1 amide bonds. The molecule has 186 valence electrons. The van der Waals surface area contributed by atoms with E-state index in [0.29, 0.717) is 29.8 Å². The molecule has 4 aromatic rings. The van der Waals surface area contributed by atoms with E-state index in [9.17, 15) is 14.4 Å². The molecule has 0 radical (unpaired) electrons. The average Bonchev–Trinajstić information content (AvgIpc) is 3.25. The lowest BCUT2D eigenvalue weighted by Crippen LogP contribution is -2.27. The highest BCUT2D eigenvalue weighted by Gasteiger charge is 2.17. The summed E-state index contributed by atoms with van der Waals surface area (Å²) >= 11 is 1.25. The minimum absolute atomic E-state index is 0.113. The largest absolute Gasteiger partial charge is 0.494 e. The molecule has 2 aromatic heterocycles. The summed E-state index contributed by atoms with van der Waals surface area (Å²) < 4.78 is 7.34. The van der Waals surface area contributed by atoms with Gasteiger partial charge in [-0.2, -0.15) is 0 Å². The van der Waals surface area contributed by atoms with Crippen LogP contribution in [0.4, 0.5) is 0 Å². The van der Waals surface area contributed by atoms with Crippen LogP contribution in [-0.2, 0) is 17.6 Å². The molecule has 0 saturated heterocycles. The monoisotopic (exact) mass is 506 g/mol. The first-order valence-electron chi connectivity index (χ1n) is 11.5. The van der Waals surface area contributed by atoms with E-state index >= 15 is 0 Å². The summed E-state index contributed by atoms with van der Waals surface area (Å²) in [6.45, 7) is 3.00. The molecule has 10 nitrogen and oxygen atoms in total. The molecule has 0 spiro atoms. The van der Waals surface area contributed by atoms with Crippen molar-refractivity contribution in [2.45, 2.75) is 24.9 Å². The van der Waals surface area contributed by atoms with Crippen molar-refractivity contribution in [2.75, 3.05) is 18.9 Å². The molecule has 0 bridgehead atoms. The zero-order valence-electron chi connectivity index (χ0n) is 19.7. The van der Waals surface area contributed by atoms with Crippen LogP contribution in [-0.4, -0.2) is 49.5 Å². The first-order valence-corrected chi connectivity index (χ1v) is 12.4. The highest BCUT2D eigenvalue weighted by Crippen LogP contribution is 2.24. The lowest BCUT2D eigenvalue weighted by Gasteiger charge is -2.11. The first-order chi connectivity index (χ1) is 17.5. The van der Waals surface area contributed by atoms with Gasteiger partial charge in [-0.3, -0.25) is 19.1 Å². The number of hydrogen-bond acceptors (Lipinski definition) is 7. The van der Waals surface area contributed by atoms with E-state index in [1.165, 1.54) is 17.8 Å². The van der Waals surface area contributed by atoms with Gasteiger partial charge in [0.25, 0.3) is 5.56 Å². The Hall–Kier alpha value is -4.12. The number of hydrogen-bond donors (Lipinski definition) is 3. The fourth-order valence-corrected chi connectivity index (χ4v) is 4.38. The second-order valence-electron chi connectivity index (χ2n) is 7.83. The van der Waals surface area contributed by atoms with Gasteiger partial charge >= 0.3 is 5.69 Å². The number of amides is 1. The van der Waals surface area contributed by atoms with Gasteiger partial charge in [-0.1, -0.05) is 42.1 Å². The Morgan fingerprint density at radius 2 is 1.83 bits per heavy atom. The van der Waals surface area contributed by atoms with Gasteiger partial charge in [0.2, 0.25) is 5.91 Å². The molecule has 0 aliphatic rings. The van der Waals surface area contributed by atoms with Gasteiger partial charge in [-0.15, -0.1) is 10.2 Å². The van der Waals surface area contributed by atoms with E-state index in [-0.39, 0.29) is 18.1 Å². The maximum Gasteiger partial charge on any atom is 0.325 e. The minimum Gasteiger partial charge on any atom is -0.494 e. The number of thioether (sulfide) groups is 1.